The molecule has 4 N–H and O–H groups in total. The van der Waals surface area contributed by atoms with E-state index in [1.54, 1.807) is 11.8 Å². The van der Waals surface area contributed by atoms with Gasteiger partial charge < -0.3 is 16.2 Å². The summed E-state index contributed by atoms with van der Waals surface area (Å²) in [4.78, 5) is 0. The molecule has 2 rings (SSSR count). The number of nitrogens with two attached hydrogens (primary N) is 1. The monoisotopic (exact) mass is 348 g/mol. The lowest BCUT2D eigenvalue weighted by atomic mass is 9.78. The maximum atomic E-state index is 13.0. The molecule has 1 aliphatic rings. The van der Waals surface area contributed by atoms with Crippen molar-refractivity contribution in [1.82, 2.24) is 0 Å². The van der Waals surface area contributed by atoms with Gasteiger partial charge in [0.1, 0.15) is 0 Å². The van der Waals surface area contributed by atoms with Gasteiger partial charge in [-0.25, -0.2) is 0 Å². The van der Waals surface area contributed by atoms with Crippen LogP contribution in [0.3, 0.4) is 0 Å². The van der Waals surface area contributed by atoms with E-state index in [2.05, 4.69) is 5.32 Å². The van der Waals surface area contributed by atoms with Gasteiger partial charge >= 0.3 is 6.18 Å². The largest absolute Gasteiger partial charge is 0.418 e. The average Bonchev–Trinajstić information content (AvgIpc) is 2.79. The van der Waals surface area contributed by atoms with Crippen molar-refractivity contribution in [2.24, 2.45) is 0 Å². The third kappa shape index (κ3) is 3.26. The minimum absolute atomic E-state index is 0.273. The van der Waals surface area contributed by atoms with Crippen molar-refractivity contribution < 1.29 is 18.3 Å². The lowest BCUT2D eigenvalue weighted by Gasteiger charge is -2.42. The van der Waals surface area contributed by atoms with Crippen molar-refractivity contribution >= 4 is 23.1 Å². The first kappa shape index (κ1) is 18.3. The number of fused-ring (bicyclic) bond motifs is 1. The maximum Gasteiger partial charge on any atom is 0.418 e. The van der Waals surface area contributed by atoms with Crippen LogP contribution < -0.4 is 11.1 Å². The summed E-state index contributed by atoms with van der Waals surface area (Å²) in [5, 5.41) is 14.2. The fourth-order valence-corrected chi connectivity index (χ4v) is 4.16. The van der Waals surface area contributed by atoms with E-state index in [0.717, 1.165) is 11.8 Å². The number of thioether (sulfide) groups is 1. The van der Waals surface area contributed by atoms with Crippen LogP contribution in [-0.2, 0) is 12.6 Å². The Kier molecular flexibility index (Phi) is 4.84. The first-order valence-corrected chi connectivity index (χ1v) is 8.79. The van der Waals surface area contributed by atoms with E-state index in [-0.39, 0.29) is 5.69 Å². The van der Waals surface area contributed by atoms with E-state index < -0.39 is 22.9 Å². The summed E-state index contributed by atoms with van der Waals surface area (Å²) in [6.07, 6.45) is -3.53. The molecule has 0 amide bonds. The van der Waals surface area contributed by atoms with Gasteiger partial charge in [0.2, 0.25) is 0 Å². The second-order valence-corrected chi connectivity index (χ2v) is 7.52. The molecule has 0 bridgehead atoms. The number of aliphatic hydroxyl groups is 1. The molecule has 1 unspecified atom stereocenters. The minimum Gasteiger partial charge on any atom is -0.398 e. The highest BCUT2D eigenvalue weighted by atomic mass is 32.2. The molecule has 130 valence electrons. The first-order valence-electron chi connectivity index (χ1n) is 7.64. The van der Waals surface area contributed by atoms with E-state index in [0.29, 0.717) is 29.8 Å². The summed E-state index contributed by atoms with van der Waals surface area (Å²) in [7, 11) is 0. The smallest absolute Gasteiger partial charge is 0.398 e. The Morgan fingerprint density at radius 1 is 1.35 bits per heavy atom. The van der Waals surface area contributed by atoms with Crippen molar-refractivity contribution in [3.63, 3.8) is 0 Å². The van der Waals surface area contributed by atoms with E-state index in [9.17, 15) is 18.3 Å². The topological polar surface area (TPSA) is 58.3 Å². The van der Waals surface area contributed by atoms with Crippen molar-refractivity contribution in [3.8, 4) is 0 Å². The Balaban J connectivity index is 2.37. The van der Waals surface area contributed by atoms with E-state index in [1.807, 2.05) is 20.8 Å². The number of alkyl halides is 3. The van der Waals surface area contributed by atoms with Crippen LogP contribution in [0.25, 0.3) is 0 Å². The number of anilines is 2. The summed E-state index contributed by atoms with van der Waals surface area (Å²) in [5.41, 5.74) is 3.85. The zero-order valence-electron chi connectivity index (χ0n) is 13.5. The Bertz CT molecular complexity index is 593. The molecule has 0 fully saturated rings. The molecule has 1 heterocycles. The Hall–Kier alpha value is -1.08. The standard InChI is InChI=1S/C16H23F3N2OS/c1-4-15(22,9-23-5-2)14(3)8-10-6-12(20)11(16(17,18)19)7-13(10)21-14/h6-7,21-22H,4-5,8-9,20H2,1-3H3/t14-,15?/m1/s1. The number of rotatable bonds is 5. The Morgan fingerprint density at radius 3 is 2.52 bits per heavy atom. The number of halogens is 3. The van der Waals surface area contributed by atoms with Crippen LogP contribution in [-0.4, -0.2) is 27.8 Å². The third-order valence-corrected chi connectivity index (χ3v) is 5.78. The van der Waals surface area contributed by atoms with E-state index in [1.165, 1.54) is 6.07 Å². The molecular weight excluding hydrogens is 325 g/mol. The molecule has 7 heteroatoms. The number of nitrogens with one attached hydrogen (secondary N) is 1. The van der Waals surface area contributed by atoms with Gasteiger partial charge in [-0.05, 0) is 36.8 Å². The summed E-state index contributed by atoms with van der Waals surface area (Å²) in [6, 6.07) is 2.43. The van der Waals surface area contributed by atoms with Gasteiger partial charge in [0, 0.05) is 23.5 Å². The quantitative estimate of drug-likeness (QED) is 0.706. The van der Waals surface area contributed by atoms with Crippen molar-refractivity contribution in [2.45, 2.75) is 50.9 Å². The second kappa shape index (κ2) is 6.09. The first-order chi connectivity index (χ1) is 10.6. The number of nitrogen functional groups attached to an aromatic ring is 1. The van der Waals surface area contributed by atoms with Gasteiger partial charge in [0.25, 0.3) is 0 Å². The Morgan fingerprint density at radius 2 is 2.00 bits per heavy atom. The Labute approximate surface area is 138 Å². The molecule has 0 saturated heterocycles. The van der Waals surface area contributed by atoms with Gasteiger partial charge in [0.05, 0.1) is 16.7 Å². The zero-order valence-corrected chi connectivity index (χ0v) is 14.4. The van der Waals surface area contributed by atoms with Gasteiger partial charge in [0.15, 0.2) is 0 Å². The molecule has 0 radical (unpaired) electrons. The van der Waals surface area contributed by atoms with Crippen molar-refractivity contribution in [2.75, 3.05) is 22.6 Å². The van der Waals surface area contributed by atoms with Crippen molar-refractivity contribution in [3.05, 3.63) is 23.3 Å². The summed E-state index contributed by atoms with van der Waals surface area (Å²) in [5.74, 6) is 1.40. The molecule has 1 aromatic rings. The predicted octanol–water partition coefficient (Wildman–Crippen LogP) is 3.91. The molecule has 0 aliphatic carbocycles. The molecule has 1 aliphatic heterocycles. The van der Waals surface area contributed by atoms with E-state index in [4.69, 9.17) is 5.73 Å². The van der Waals surface area contributed by atoms with E-state index >= 15 is 0 Å². The zero-order chi connectivity index (χ0) is 17.5. The van der Waals surface area contributed by atoms with Crippen LogP contribution >= 0.6 is 11.8 Å². The van der Waals surface area contributed by atoms with Gasteiger partial charge in [-0.3, -0.25) is 0 Å². The highest BCUT2D eigenvalue weighted by molar-refractivity contribution is 7.99. The number of hydrogen-bond donors (Lipinski definition) is 3. The second-order valence-electron chi connectivity index (χ2n) is 6.25. The third-order valence-electron chi connectivity index (χ3n) is 4.69. The molecule has 0 spiro atoms. The van der Waals surface area contributed by atoms with Crippen LogP contribution in [0.2, 0.25) is 0 Å². The number of hydrogen-bond acceptors (Lipinski definition) is 4. The van der Waals surface area contributed by atoms with Gasteiger partial charge in [-0.1, -0.05) is 13.8 Å². The van der Waals surface area contributed by atoms with Crippen LogP contribution in [0.15, 0.2) is 12.1 Å². The summed E-state index contributed by atoms with van der Waals surface area (Å²) in [6.45, 7) is 5.76. The minimum atomic E-state index is -4.49. The molecule has 1 aromatic carbocycles. The highest BCUT2D eigenvalue weighted by Crippen LogP contribution is 2.45. The van der Waals surface area contributed by atoms with Crippen LogP contribution in [0, 0.1) is 0 Å². The maximum absolute atomic E-state index is 13.0. The van der Waals surface area contributed by atoms with Gasteiger partial charge in [-0.15, -0.1) is 0 Å². The number of benzene rings is 1. The average molecular weight is 348 g/mol. The molecule has 2 atom stereocenters. The normalized spacial score (nSPS) is 23.3. The van der Waals surface area contributed by atoms with Crippen LogP contribution in [0.1, 0.15) is 38.3 Å². The SMILES string of the molecule is CCSCC(O)(CC)[C@@]1(C)Cc2cc(N)c(C(F)(F)F)cc2N1. The summed E-state index contributed by atoms with van der Waals surface area (Å²) >= 11 is 1.62. The molecule has 0 aromatic heterocycles. The molecule has 23 heavy (non-hydrogen) atoms. The fraction of sp³-hybridized carbons (Fsp3) is 0.625. The predicted molar refractivity (Wildman–Crippen MR) is 89.8 cm³/mol. The lowest BCUT2D eigenvalue weighted by Crippen LogP contribution is -2.57. The molecule has 0 saturated carbocycles. The van der Waals surface area contributed by atoms with Gasteiger partial charge in [-0.2, -0.15) is 24.9 Å². The lowest BCUT2D eigenvalue weighted by molar-refractivity contribution is -0.136. The highest BCUT2D eigenvalue weighted by Gasteiger charge is 2.49. The van der Waals surface area contributed by atoms with Crippen molar-refractivity contribution in [1.29, 1.82) is 0 Å². The van der Waals surface area contributed by atoms with Crippen LogP contribution in [0.4, 0.5) is 24.5 Å². The molecule has 3 nitrogen and oxygen atoms in total. The van der Waals surface area contributed by atoms with Crippen LogP contribution in [0.5, 0.6) is 0 Å². The fourth-order valence-electron chi connectivity index (χ4n) is 3.10. The summed E-state index contributed by atoms with van der Waals surface area (Å²) < 4.78 is 39.0. The molecular formula is C16H23F3N2OS.